The van der Waals surface area contributed by atoms with E-state index >= 15 is 0 Å². The first-order valence-electron chi connectivity index (χ1n) is 9.98. The molecule has 1 aliphatic carbocycles. The number of hydrogen-bond donors (Lipinski definition) is 1. The van der Waals surface area contributed by atoms with Gasteiger partial charge < -0.3 is 10.2 Å². The Morgan fingerprint density at radius 3 is 2.69 bits per heavy atom. The van der Waals surface area contributed by atoms with Gasteiger partial charge in [-0.25, -0.2) is 0 Å². The third-order valence-electron chi connectivity index (χ3n) is 5.68. The quantitative estimate of drug-likeness (QED) is 0.769. The Balaban J connectivity index is 1.51. The molecule has 1 aromatic carbocycles. The first-order chi connectivity index (χ1) is 12.6. The van der Waals surface area contributed by atoms with Crippen molar-refractivity contribution in [3.05, 3.63) is 41.6 Å². The number of carbonyl (C=O) groups is 2. The highest BCUT2D eigenvalue weighted by atomic mass is 16.2. The number of carbonyl (C=O) groups excluding carboxylic acids is 2. The van der Waals surface area contributed by atoms with Crippen molar-refractivity contribution in [3.8, 4) is 0 Å². The number of nitrogens with one attached hydrogen (secondary N) is 1. The second-order valence-corrected chi connectivity index (χ2v) is 7.59. The first kappa shape index (κ1) is 18.7. The van der Waals surface area contributed by atoms with Crippen LogP contribution in [0.4, 0.5) is 0 Å². The van der Waals surface area contributed by atoms with Crippen LogP contribution in [0.3, 0.4) is 0 Å². The Hall–Kier alpha value is -2.10. The van der Waals surface area contributed by atoms with Crippen LogP contribution in [-0.2, 0) is 9.59 Å². The molecule has 0 saturated heterocycles. The minimum Gasteiger partial charge on any atom is -0.356 e. The van der Waals surface area contributed by atoms with Crippen LogP contribution in [0.25, 0.3) is 6.08 Å². The third-order valence-corrected chi connectivity index (χ3v) is 5.68. The molecule has 0 radical (unpaired) electrons. The van der Waals surface area contributed by atoms with Crippen LogP contribution in [-0.4, -0.2) is 23.3 Å². The van der Waals surface area contributed by atoms with E-state index in [1.807, 2.05) is 30.3 Å². The summed E-state index contributed by atoms with van der Waals surface area (Å²) in [6, 6.07) is 7.77. The molecule has 2 aliphatic rings. The van der Waals surface area contributed by atoms with Crippen LogP contribution in [0.5, 0.6) is 0 Å². The lowest BCUT2D eigenvalue weighted by molar-refractivity contribution is -0.129. The number of amides is 2. The summed E-state index contributed by atoms with van der Waals surface area (Å²) >= 11 is 0. The highest BCUT2D eigenvalue weighted by Gasteiger charge is 2.28. The molecule has 2 amide bonds. The Morgan fingerprint density at radius 1 is 1.15 bits per heavy atom. The smallest absolute Gasteiger partial charge is 0.223 e. The maximum Gasteiger partial charge on any atom is 0.223 e. The van der Waals surface area contributed by atoms with Crippen molar-refractivity contribution >= 4 is 17.9 Å². The van der Waals surface area contributed by atoms with E-state index in [-0.39, 0.29) is 17.9 Å². The van der Waals surface area contributed by atoms with Crippen molar-refractivity contribution in [2.24, 2.45) is 5.92 Å². The van der Waals surface area contributed by atoms with Crippen LogP contribution >= 0.6 is 0 Å². The van der Waals surface area contributed by atoms with Crippen molar-refractivity contribution in [3.63, 3.8) is 0 Å². The molecular weight excluding hydrogens is 324 g/mol. The highest BCUT2D eigenvalue weighted by molar-refractivity contribution is 5.81. The van der Waals surface area contributed by atoms with Gasteiger partial charge in [-0.1, -0.05) is 56.4 Å². The summed E-state index contributed by atoms with van der Waals surface area (Å²) in [5, 5.41) is 3.06. The number of hydrogen-bond acceptors (Lipinski definition) is 2. The molecule has 0 aromatic heterocycles. The molecule has 4 nitrogen and oxygen atoms in total. The van der Waals surface area contributed by atoms with E-state index in [0.717, 1.165) is 30.0 Å². The number of rotatable bonds is 6. The van der Waals surface area contributed by atoms with Gasteiger partial charge in [-0.2, -0.15) is 0 Å². The van der Waals surface area contributed by atoms with E-state index in [2.05, 4.69) is 5.32 Å². The average molecular weight is 354 g/mol. The van der Waals surface area contributed by atoms with Gasteiger partial charge in [-0.15, -0.1) is 0 Å². The third kappa shape index (κ3) is 4.75. The fourth-order valence-electron chi connectivity index (χ4n) is 4.26. The number of benzene rings is 1. The second-order valence-electron chi connectivity index (χ2n) is 7.59. The van der Waals surface area contributed by atoms with Crippen molar-refractivity contribution in [2.75, 3.05) is 6.54 Å². The van der Waals surface area contributed by atoms with Crippen LogP contribution in [0.1, 0.15) is 75.5 Å². The van der Waals surface area contributed by atoms with Crippen LogP contribution < -0.4 is 5.32 Å². The molecule has 1 saturated carbocycles. The highest BCUT2D eigenvalue weighted by Crippen LogP contribution is 2.32. The van der Waals surface area contributed by atoms with E-state index in [0.29, 0.717) is 6.42 Å². The molecule has 1 N–H and O–H groups in total. The van der Waals surface area contributed by atoms with E-state index in [1.165, 1.54) is 38.5 Å². The minimum atomic E-state index is -0.216. The molecule has 140 valence electrons. The predicted molar refractivity (Wildman–Crippen MR) is 104 cm³/mol. The van der Waals surface area contributed by atoms with E-state index in [4.69, 9.17) is 0 Å². The molecule has 1 fully saturated rings. The summed E-state index contributed by atoms with van der Waals surface area (Å²) in [6.07, 6.45) is 13.1. The maximum atomic E-state index is 12.5. The Morgan fingerprint density at radius 2 is 1.92 bits per heavy atom. The molecule has 3 rings (SSSR count). The van der Waals surface area contributed by atoms with Gasteiger partial charge in [0.05, 0.1) is 12.5 Å². The van der Waals surface area contributed by atoms with Crippen molar-refractivity contribution in [2.45, 2.75) is 64.3 Å². The molecule has 1 aromatic rings. The van der Waals surface area contributed by atoms with E-state index in [1.54, 1.807) is 18.0 Å². The summed E-state index contributed by atoms with van der Waals surface area (Å²) in [5.41, 5.74) is 2.13. The summed E-state index contributed by atoms with van der Waals surface area (Å²) in [6.45, 7) is 2.28. The lowest BCUT2D eigenvalue weighted by atomic mass is 9.86. The Bertz CT molecular complexity index is 662. The summed E-state index contributed by atoms with van der Waals surface area (Å²) in [4.78, 5) is 26.1. The van der Waals surface area contributed by atoms with Gasteiger partial charge in [0, 0.05) is 19.7 Å². The predicted octanol–water partition coefficient (Wildman–Crippen LogP) is 4.43. The molecule has 1 aliphatic heterocycles. The Kier molecular flexibility index (Phi) is 6.48. The zero-order chi connectivity index (χ0) is 18.4. The lowest BCUT2D eigenvalue weighted by Crippen LogP contribution is -2.35. The zero-order valence-electron chi connectivity index (χ0n) is 15.7. The minimum absolute atomic E-state index is 0.0231. The molecule has 26 heavy (non-hydrogen) atoms. The second kappa shape index (κ2) is 9.02. The van der Waals surface area contributed by atoms with Gasteiger partial charge in [-0.05, 0) is 36.0 Å². The van der Waals surface area contributed by atoms with E-state index in [9.17, 15) is 9.59 Å². The molecule has 0 bridgehead atoms. The maximum absolute atomic E-state index is 12.5. The van der Waals surface area contributed by atoms with Gasteiger partial charge in [-0.3, -0.25) is 9.59 Å². The molecule has 0 spiro atoms. The van der Waals surface area contributed by atoms with Crippen molar-refractivity contribution in [1.82, 2.24) is 10.2 Å². The summed E-state index contributed by atoms with van der Waals surface area (Å²) in [5.74, 6) is 0.838. The van der Waals surface area contributed by atoms with Crippen molar-refractivity contribution < 1.29 is 9.59 Å². The fourth-order valence-corrected chi connectivity index (χ4v) is 4.26. The SMILES string of the molecule is CC(=O)N1C=Cc2ccccc2C1CC(=O)NCCCC1CCCCC1. The van der Waals surface area contributed by atoms with Gasteiger partial charge in [0.2, 0.25) is 11.8 Å². The van der Waals surface area contributed by atoms with Gasteiger partial charge in [0.1, 0.15) is 0 Å². The largest absolute Gasteiger partial charge is 0.356 e. The van der Waals surface area contributed by atoms with Gasteiger partial charge in [0.25, 0.3) is 0 Å². The number of fused-ring (bicyclic) bond motifs is 1. The molecule has 1 atom stereocenters. The normalized spacial score (nSPS) is 19.9. The first-order valence-corrected chi connectivity index (χ1v) is 9.98. The lowest BCUT2D eigenvalue weighted by Gasteiger charge is -2.32. The summed E-state index contributed by atoms with van der Waals surface area (Å²) in [7, 11) is 0. The topological polar surface area (TPSA) is 49.4 Å². The van der Waals surface area contributed by atoms with E-state index < -0.39 is 0 Å². The van der Waals surface area contributed by atoms with Crippen LogP contribution in [0.2, 0.25) is 0 Å². The fraction of sp³-hybridized carbons (Fsp3) is 0.545. The average Bonchev–Trinajstić information content (AvgIpc) is 2.66. The monoisotopic (exact) mass is 354 g/mol. The van der Waals surface area contributed by atoms with Gasteiger partial charge >= 0.3 is 0 Å². The molecular formula is C22H30N2O2. The zero-order valence-corrected chi connectivity index (χ0v) is 15.7. The Labute approximate surface area is 156 Å². The van der Waals surface area contributed by atoms with Crippen LogP contribution in [0, 0.1) is 5.92 Å². The van der Waals surface area contributed by atoms with Crippen molar-refractivity contribution in [1.29, 1.82) is 0 Å². The van der Waals surface area contributed by atoms with Gasteiger partial charge in [0.15, 0.2) is 0 Å². The standard InChI is InChI=1S/C22H30N2O2/c1-17(25)24-15-13-19-11-5-6-12-20(19)21(24)16-22(26)23-14-7-10-18-8-3-2-4-9-18/h5-6,11-13,15,18,21H,2-4,7-10,14,16H2,1H3,(H,23,26). The molecule has 1 heterocycles. The molecule has 4 heteroatoms. The van der Waals surface area contributed by atoms with Crippen LogP contribution in [0.15, 0.2) is 30.5 Å². The summed E-state index contributed by atoms with van der Waals surface area (Å²) < 4.78 is 0. The molecule has 1 unspecified atom stereocenters. The number of nitrogens with zero attached hydrogens (tertiary/aromatic N) is 1.